The third-order valence-corrected chi connectivity index (χ3v) is 4.46. The molecule has 1 aromatic carbocycles. The number of hydrogen-bond acceptors (Lipinski definition) is 3. The lowest BCUT2D eigenvalue weighted by molar-refractivity contribution is -0.137. The Morgan fingerprint density at radius 3 is 2.27 bits per heavy atom. The minimum Gasteiger partial charge on any atom is -0.478 e. The number of carboxylic acid groups (broad SMARTS) is 1. The van der Waals surface area contributed by atoms with E-state index in [1.165, 1.54) is 7.05 Å². The molecule has 0 spiro atoms. The van der Waals surface area contributed by atoms with Crippen LogP contribution in [-0.4, -0.2) is 37.4 Å². The minimum atomic E-state index is -4.86. The summed E-state index contributed by atoms with van der Waals surface area (Å²) in [5.41, 5.74) is -1.61. The molecule has 1 rings (SSSR count). The van der Waals surface area contributed by atoms with Crippen molar-refractivity contribution in [3.63, 3.8) is 0 Å². The van der Waals surface area contributed by atoms with Gasteiger partial charge in [0.1, 0.15) is 0 Å². The molecule has 1 aromatic rings. The molecule has 0 aliphatic rings. The number of aromatic carboxylic acids is 1. The number of halogens is 3. The molecule has 0 saturated carbocycles. The lowest BCUT2D eigenvalue weighted by Gasteiger charge is -2.18. The Balaban J connectivity index is 3.49. The summed E-state index contributed by atoms with van der Waals surface area (Å²) >= 11 is 0. The number of alkyl halides is 3. The van der Waals surface area contributed by atoms with Crippen LogP contribution < -0.4 is 0 Å². The summed E-state index contributed by atoms with van der Waals surface area (Å²) in [6.45, 7) is 4.98. The topological polar surface area (TPSA) is 74.7 Å². The Bertz CT molecular complexity index is 710. The predicted octanol–water partition coefficient (Wildman–Crippen LogP) is 2.60. The molecule has 0 amide bonds. The van der Waals surface area contributed by atoms with E-state index in [0.717, 1.165) is 4.31 Å². The largest absolute Gasteiger partial charge is 0.478 e. The highest BCUT2D eigenvalue weighted by Crippen LogP contribution is 2.32. The van der Waals surface area contributed by atoms with Gasteiger partial charge in [-0.25, -0.2) is 13.2 Å². The molecule has 0 fully saturated rings. The van der Waals surface area contributed by atoms with E-state index in [2.05, 4.69) is 6.58 Å². The Morgan fingerprint density at radius 1 is 1.32 bits per heavy atom. The van der Waals surface area contributed by atoms with Crippen molar-refractivity contribution in [1.29, 1.82) is 0 Å². The van der Waals surface area contributed by atoms with Gasteiger partial charge >= 0.3 is 12.1 Å². The van der Waals surface area contributed by atoms with Gasteiger partial charge in [-0.2, -0.15) is 17.5 Å². The fraction of sp³-hybridized carbons (Fsp3) is 0.308. The number of rotatable bonds is 5. The normalized spacial score (nSPS) is 12.5. The number of hydrogen-bond donors (Lipinski definition) is 1. The third kappa shape index (κ3) is 4.08. The number of benzene rings is 1. The molecule has 22 heavy (non-hydrogen) atoms. The second kappa shape index (κ2) is 6.09. The van der Waals surface area contributed by atoms with Gasteiger partial charge in [0.2, 0.25) is 10.0 Å². The monoisotopic (exact) mass is 337 g/mol. The maximum Gasteiger partial charge on any atom is 0.416 e. The van der Waals surface area contributed by atoms with Crippen molar-refractivity contribution in [2.45, 2.75) is 18.0 Å². The number of nitrogens with zero attached hydrogens (tertiary/aromatic N) is 1. The Kier molecular flexibility index (Phi) is 5.03. The van der Waals surface area contributed by atoms with Crippen LogP contribution in [0.15, 0.2) is 35.2 Å². The van der Waals surface area contributed by atoms with E-state index in [-0.39, 0.29) is 6.54 Å². The van der Waals surface area contributed by atoms with E-state index >= 15 is 0 Å². The van der Waals surface area contributed by atoms with Crippen LogP contribution in [0, 0.1) is 0 Å². The summed E-state index contributed by atoms with van der Waals surface area (Å²) in [6.07, 6.45) is -4.86. The van der Waals surface area contributed by atoms with Gasteiger partial charge in [0.15, 0.2) is 0 Å². The Morgan fingerprint density at radius 2 is 1.86 bits per heavy atom. The molecule has 5 nitrogen and oxygen atoms in total. The van der Waals surface area contributed by atoms with Crippen LogP contribution in [0.3, 0.4) is 0 Å². The van der Waals surface area contributed by atoms with E-state index in [4.69, 9.17) is 5.11 Å². The average Bonchev–Trinajstić information content (AvgIpc) is 2.36. The maximum absolute atomic E-state index is 12.8. The van der Waals surface area contributed by atoms with Crippen molar-refractivity contribution in [1.82, 2.24) is 4.31 Å². The second-order valence-electron chi connectivity index (χ2n) is 4.77. The zero-order valence-corrected chi connectivity index (χ0v) is 12.6. The zero-order valence-electron chi connectivity index (χ0n) is 11.8. The number of carbonyl (C=O) groups is 1. The first-order chi connectivity index (χ1) is 9.85. The van der Waals surface area contributed by atoms with Crippen LogP contribution in [0.4, 0.5) is 13.2 Å². The SMILES string of the molecule is C=C(C)CN(C)S(=O)(=O)c1cc(C(=O)O)cc(C(F)(F)F)c1. The lowest BCUT2D eigenvalue weighted by Crippen LogP contribution is -2.29. The van der Waals surface area contributed by atoms with Gasteiger partial charge in [-0.15, -0.1) is 0 Å². The van der Waals surface area contributed by atoms with Crippen LogP contribution in [-0.2, 0) is 16.2 Å². The summed E-state index contributed by atoms with van der Waals surface area (Å²) in [5, 5.41) is 8.86. The molecule has 0 heterocycles. The first-order valence-corrected chi connectivity index (χ1v) is 7.36. The zero-order chi connectivity index (χ0) is 17.3. The molecule has 0 unspecified atom stereocenters. The van der Waals surface area contributed by atoms with Crippen LogP contribution in [0.25, 0.3) is 0 Å². The van der Waals surface area contributed by atoms with Crippen molar-refractivity contribution < 1.29 is 31.5 Å². The summed E-state index contributed by atoms with van der Waals surface area (Å²) in [5.74, 6) is -1.65. The third-order valence-electron chi connectivity index (χ3n) is 2.68. The van der Waals surface area contributed by atoms with Gasteiger partial charge < -0.3 is 5.11 Å². The van der Waals surface area contributed by atoms with Gasteiger partial charge in [0.25, 0.3) is 0 Å². The molecular weight excluding hydrogens is 323 g/mol. The van der Waals surface area contributed by atoms with Crippen LogP contribution in [0.5, 0.6) is 0 Å². The molecule has 0 bridgehead atoms. The summed E-state index contributed by atoms with van der Waals surface area (Å²) in [7, 11) is -3.09. The van der Waals surface area contributed by atoms with Crippen LogP contribution in [0.2, 0.25) is 0 Å². The summed E-state index contributed by atoms with van der Waals surface area (Å²) in [4.78, 5) is 10.2. The molecule has 0 atom stereocenters. The molecule has 0 radical (unpaired) electrons. The number of sulfonamides is 1. The fourth-order valence-electron chi connectivity index (χ4n) is 1.68. The van der Waals surface area contributed by atoms with Crippen molar-refractivity contribution in [3.05, 3.63) is 41.5 Å². The predicted molar refractivity (Wildman–Crippen MR) is 73.0 cm³/mol. The molecule has 1 N–H and O–H groups in total. The Labute approximate surface area is 125 Å². The molecule has 0 aromatic heterocycles. The highest BCUT2D eigenvalue weighted by atomic mass is 32.2. The molecule has 0 aliphatic heterocycles. The van der Waals surface area contributed by atoms with Crippen LogP contribution in [0.1, 0.15) is 22.8 Å². The van der Waals surface area contributed by atoms with Crippen molar-refractivity contribution in [3.8, 4) is 0 Å². The Hall–Kier alpha value is -1.87. The molecule has 122 valence electrons. The van der Waals surface area contributed by atoms with Gasteiger partial charge in [0, 0.05) is 13.6 Å². The summed E-state index contributed by atoms with van der Waals surface area (Å²) < 4.78 is 63.7. The number of likely N-dealkylation sites (N-methyl/N-ethyl adjacent to an activating group) is 1. The van der Waals surface area contributed by atoms with Gasteiger partial charge in [-0.05, 0) is 25.1 Å². The van der Waals surface area contributed by atoms with Crippen molar-refractivity contribution in [2.24, 2.45) is 0 Å². The van der Waals surface area contributed by atoms with E-state index < -0.39 is 38.2 Å². The first-order valence-electron chi connectivity index (χ1n) is 5.92. The fourth-order valence-corrected chi connectivity index (χ4v) is 2.98. The van der Waals surface area contributed by atoms with E-state index in [0.29, 0.717) is 23.8 Å². The molecule has 9 heteroatoms. The minimum absolute atomic E-state index is 0.0962. The van der Waals surface area contributed by atoms with Gasteiger partial charge in [0.05, 0.1) is 16.0 Å². The quantitative estimate of drug-likeness (QED) is 0.838. The van der Waals surface area contributed by atoms with Crippen molar-refractivity contribution >= 4 is 16.0 Å². The summed E-state index contributed by atoms with van der Waals surface area (Å²) in [6, 6.07) is 1.50. The first kappa shape index (κ1) is 18.2. The number of carboxylic acids is 1. The standard InChI is InChI=1S/C13H14F3NO4S/c1-8(2)7-17(3)22(20,21)11-5-9(12(18)19)4-10(6-11)13(14,15)16/h4-6H,1,7H2,2-3H3,(H,18,19). The molecule has 0 saturated heterocycles. The van der Waals surface area contributed by atoms with E-state index in [1.807, 2.05) is 0 Å². The highest BCUT2D eigenvalue weighted by Gasteiger charge is 2.34. The van der Waals surface area contributed by atoms with E-state index in [9.17, 15) is 26.4 Å². The van der Waals surface area contributed by atoms with Gasteiger partial charge in [-0.1, -0.05) is 12.2 Å². The van der Waals surface area contributed by atoms with E-state index in [1.54, 1.807) is 6.92 Å². The average molecular weight is 337 g/mol. The molecular formula is C13H14F3NO4S. The lowest BCUT2D eigenvalue weighted by atomic mass is 10.1. The maximum atomic E-state index is 12.8. The highest BCUT2D eigenvalue weighted by molar-refractivity contribution is 7.89. The van der Waals surface area contributed by atoms with Crippen molar-refractivity contribution in [2.75, 3.05) is 13.6 Å². The molecule has 0 aliphatic carbocycles. The van der Waals surface area contributed by atoms with Gasteiger partial charge in [-0.3, -0.25) is 0 Å². The smallest absolute Gasteiger partial charge is 0.416 e. The van der Waals surface area contributed by atoms with Crippen LogP contribution >= 0.6 is 0 Å². The second-order valence-corrected chi connectivity index (χ2v) is 6.81.